The highest BCUT2D eigenvalue weighted by Crippen LogP contribution is 2.53. The molecule has 94 valence electrons. The maximum atomic E-state index is 2.82. The van der Waals surface area contributed by atoms with Gasteiger partial charge in [-0.25, -0.2) is 0 Å². The molecule has 0 aromatic heterocycles. The second kappa shape index (κ2) is 4.01. The molecular formula is C15H29N. The summed E-state index contributed by atoms with van der Waals surface area (Å²) >= 11 is 0. The van der Waals surface area contributed by atoms with Gasteiger partial charge >= 0.3 is 0 Å². The van der Waals surface area contributed by atoms with Gasteiger partial charge in [0.15, 0.2) is 0 Å². The first-order valence-corrected chi connectivity index (χ1v) is 7.11. The number of nitrogens with zero attached hydrogens (tertiary/aromatic N) is 1. The van der Waals surface area contributed by atoms with Gasteiger partial charge in [0.1, 0.15) is 0 Å². The zero-order chi connectivity index (χ0) is 12.0. The van der Waals surface area contributed by atoms with E-state index in [0.29, 0.717) is 10.8 Å². The van der Waals surface area contributed by atoms with Gasteiger partial charge in [0, 0.05) is 18.6 Å². The summed E-state index contributed by atoms with van der Waals surface area (Å²) in [6, 6.07) is 1.67. The van der Waals surface area contributed by atoms with E-state index < -0.39 is 0 Å². The Morgan fingerprint density at radius 3 is 2.56 bits per heavy atom. The minimum absolute atomic E-state index is 0.568. The standard InChI is InChI=1S/C15H29N/c1-6-7-12(2)16-11-15(5)9-13(16)8-14(3,4)10-15/h12-13H,6-11H2,1-5H3. The molecule has 2 bridgehead atoms. The van der Waals surface area contributed by atoms with Crippen LogP contribution in [0.4, 0.5) is 0 Å². The van der Waals surface area contributed by atoms with E-state index in [1.165, 1.54) is 38.6 Å². The first-order valence-electron chi connectivity index (χ1n) is 7.11. The molecule has 0 N–H and O–H groups in total. The average Bonchev–Trinajstić information content (AvgIpc) is 2.35. The molecule has 2 aliphatic rings. The molecule has 1 aliphatic heterocycles. The fourth-order valence-electron chi connectivity index (χ4n) is 4.60. The lowest BCUT2D eigenvalue weighted by Gasteiger charge is -2.40. The molecule has 2 rings (SSSR count). The molecule has 2 fully saturated rings. The van der Waals surface area contributed by atoms with Crippen molar-refractivity contribution in [2.75, 3.05) is 6.54 Å². The van der Waals surface area contributed by atoms with Gasteiger partial charge in [-0.05, 0) is 43.4 Å². The summed E-state index contributed by atoms with van der Waals surface area (Å²) in [6.07, 6.45) is 6.98. The van der Waals surface area contributed by atoms with E-state index >= 15 is 0 Å². The smallest absolute Gasteiger partial charge is 0.0109 e. The average molecular weight is 223 g/mol. The number of hydrogen-bond donors (Lipinski definition) is 0. The maximum absolute atomic E-state index is 2.82. The molecule has 1 heteroatoms. The summed E-state index contributed by atoms with van der Waals surface area (Å²) in [4.78, 5) is 2.82. The summed E-state index contributed by atoms with van der Waals surface area (Å²) in [5.41, 5.74) is 1.17. The van der Waals surface area contributed by atoms with Gasteiger partial charge in [0.05, 0.1) is 0 Å². The molecule has 0 radical (unpaired) electrons. The zero-order valence-corrected chi connectivity index (χ0v) is 11.8. The van der Waals surface area contributed by atoms with Crippen molar-refractivity contribution in [2.45, 2.75) is 78.8 Å². The van der Waals surface area contributed by atoms with Crippen molar-refractivity contribution in [3.63, 3.8) is 0 Å². The number of rotatable bonds is 3. The summed E-state index contributed by atoms with van der Waals surface area (Å²) in [6.45, 7) is 13.5. The lowest BCUT2D eigenvalue weighted by Crippen LogP contribution is -2.38. The fourth-order valence-corrected chi connectivity index (χ4v) is 4.60. The molecule has 16 heavy (non-hydrogen) atoms. The first-order chi connectivity index (χ1) is 7.35. The van der Waals surface area contributed by atoms with Gasteiger partial charge in [-0.3, -0.25) is 4.90 Å². The van der Waals surface area contributed by atoms with Crippen LogP contribution in [0.2, 0.25) is 0 Å². The summed E-state index contributed by atoms with van der Waals surface area (Å²) in [7, 11) is 0. The lowest BCUT2D eigenvalue weighted by atomic mass is 9.65. The molecule has 1 nitrogen and oxygen atoms in total. The minimum Gasteiger partial charge on any atom is -0.297 e. The highest BCUT2D eigenvalue weighted by molar-refractivity contribution is 5.03. The lowest BCUT2D eigenvalue weighted by molar-refractivity contribution is 0.118. The quantitative estimate of drug-likeness (QED) is 0.697. The Kier molecular flexibility index (Phi) is 3.11. The topological polar surface area (TPSA) is 3.24 Å². The van der Waals surface area contributed by atoms with E-state index in [2.05, 4.69) is 39.5 Å². The second-order valence-electron chi connectivity index (χ2n) is 7.52. The van der Waals surface area contributed by atoms with Gasteiger partial charge in [0.2, 0.25) is 0 Å². The van der Waals surface area contributed by atoms with E-state index in [0.717, 1.165) is 12.1 Å². The monoisotopic (exact) mass is 223 g/mol. The molecular weight excluding hydrogens is 194 g/mol. The van der Waals surface area contributed by atoms with Crippen LogP contribution in [0.5, 0.6) is 0 Å². The molecule has 3 unspecified atom stereocenters. The van der Waals surface area contributed by atoms with E-state index in [1.54, 1.807) is 0 Å². The van der Waals surface area contributed by atoms with Crippen molar-refractivity contribution in [3.8, 4) is 0 Å². The van der Waals surface area contributed by atoms with Crippen molar-refractivity contribution in [2.24, 2.45) is 10.8 Å². The predicted molar refractivity (Wildman–Crippen MR) is 70.6 cm³/mol. The van der Waals surface area contributed by atoms with Crippen LogP contribution < -0.4 is 0 Å². The highest BCUT2D eigenvalue weighted by Gasteiger charge is 2.50. The van der Waals surface area contributed by atoms with Crippen molar-refractivity contribution >= 4 is 0 Å². The largest absolute Gasteiger partial charge is 0.297 e. The Bertz CT molecular complexity index is 258. The molecule has 0 aromatic carbocycles. The van der Waals surface area contributed by atoms with Crippen molar-refractivity contribution in [1.29, 1.82) is 0 Å². The Morgan fingerprint density at radius 1 is 1.25 bits per heavy atom. The third-order valence-electron chi connectivity index (χ3n) is 4.73. The third-order valence-corrected chi connectivity index (χ3v) is 4.73. The van der Waals surface area contributed by atoms with Crippen LogP contribution in [-0.4, -0.2) is 23.5 Å². The SMILES string of the molecule is CCCC(C)N1CC2(C)CC1CC(C)(C)C2. The first kappa shape index (κ1) is 12.4. The highest BCUT2D eigenvalue weighted by atomic mass is 15.2. The van der Waals surface area contributed by atoms with Gasteiger partial charge < -0.3 is 0 Å². The Morgan fingerprint density at radius 2 is 1.94 bits per heavy atom. The van der Waals surface area contributed by atoms with Crippen molar-refractivity contribution in [3.05, 3.63) is 0 Å². The van der Waals surface area contributed by atoms with Crippen LogP contribution in [0.1, 0.15) is 66.7 Å². The van der Waals surface area contributed by atoms with Gasteiger partial charge in [-0.1, -0.05) is 34.1 Å². The van der Waals surface area contributed by atoms with Crippen LogP contribution in [-0.2, 0) is 0 Å². The van der Waals surface area contributed by atoms with Crippen molar-refractivity contribution < 1.29 is 0 Å². The van der Waals surface area contributed by atoms with Crippen LogP contribution >= 0.6 is 0 Å². The number of likely N-dealkylation sites (tertiary alicyclic amines) is 1. The van der Waals surface area contributed by atoms with E-state index in [9.17, 15) is 0 Å². The molecule has 1 aliphatic carbocycles. The van der Waals surface area contributed by atoms with E-state index in [-0.39, 0.29) is 0 Å². The van der Waals surface area contributed by atoms with E-state index in [4.69, 9.17) is 0 Å². The zero-order valence-electron chi connectivity index (χ0n) is 11.8. The molecule has 3 atom stereocenters. The van der Waals surface area contributed by atoms with Crippen molar-refractivity contribution in [1.82, 2.24) is 4.90 Å². The Balaban J connectivity index is 2.10. The van der Waals surface area contributed by atoms with Gasteiger partial charge in [-0.15, -0.1) is 0 Å². The Hall–Kier alpha value is -0.0400. The summed E-state index contributed by atoms with van der Waals surface area (Å²) < 4.78 is 0. The Labute approximate surface area is 102 Å². The van der Waals surface area contributed by atoms with Crippen LogP contribution in [0.3, 0.4) is 0 Å². The van der Waals surface area contributed by atoms with Crippen LogP contribution in [0, 0.1) is 10.8 Å². The van der Waals surface area contributed by atoms with E-state index in [1.807, 2.05) is 0 Å². The summed E-state index contributed by atoms with van der Waals surface area (Å²) in [5, 5.41) is 0. The minimum atomic E-state index is 0.568. The summed E-state index contributed by atoms with van der Waals surface area (Å²) in [5.74, 6) is 0. The normalized spacial score (nSPS) is 39.9. The van der Waals surface area contributed by atoms with Crippen LogP contribution in [0.15, 0.2) is 0 Å². The predicted octanol–water partition coefficient (Wildman–Crippen LogP) is 4.08. The molecule has 1 saturated heterocycles. The molecule has 1 saturated carbocycles. The van der Waals surface area contributed by atoms with Crippen LogP contribution in [0.25, 0.3) is 0 Å². The second-order valence-corrected chi connectivity index (χ2v) is 7.52. The maximum Gasteiger partial charge on any atom is 0.0109 e. The molecule has 1 heterocycles. The molecule has 0 spiro atoms. The molecule has 0 amide bonds. The van der Waals surface area contributed by atoms with Gasteiger partial charge in [-0.2, -0.15) is 0 Å². The third kappa shape index (κ3) is 2.30. The number of fused-ring (bicyclic) bond motifs is 2. The van der Waals surface area contributed by atoms with Gasteiger partial charge in [0.25, 0.3) is 0 Å². The molecule has 0 aromatic rings. The fraction of sp³-hybridized carbons (Fsp3) is 1.00. The number of hydrogen-bond acceptors (Lipinski definition) is 1.